The number of thioether (sulfide) groups is 1. The summed E-state index contributed by atoms with van der Waals surface area (Å²) in [7, 11) is 0. The van der Waals surface area contributed by atoms with E-state index < -0.39 is 0 Å². The minimum Gasteiger partial charge on any atom is -0.493 e. The van der Waals surface area contributed by atoms with Gasteiger partial charge in [0.25, 0.3) is 5.91 Å². The molecule has 1 aromatic carbocycles. The van der Waals surface area contributed by atoms with Gasteiger partial charge in [-0.05, 0) is 29.9 Å². The Labute approximate surface area is 134 Å². The van der Waals surface area contributed by atoms with Gasteiger partial charge in [-0.1, -0.05) is 38.6 Å². The third kappa shape index (κ3) is 4.77. The van der Waals surface area contributed by atoms with Gasteiger partial charge < -0.3 is 4.74 Å². The molecule has 0 saturated heterocycles. The number of aromatic amines is 1. The molecule has 6 nitrogen and oxygen atoms in total. The van der Waals surface area contributed by atoms with E-state index in [1.807, 2.05) is 13.0 Å². The summed E-state index contributed by atoms with van der Waals surface area (Å²) in [5.41, 5.74) is 0.516. The Morgan fingerprint density at radius 1 is 1.45 bits per heavy atom. The summed E-state index contributed by atoms with van der Waals surface area (Å²) >= 11 is 1.51. The maximum Gasteiger partial charge on any atom is 0.258 e. The molecule has 2 rings (SSSR count). The number of H-pyrrole nitrogens is 1. The predicted octanol–water partition coefficient (Wildman–Crippen LogP) is 3.20. The number of amides is 1. The molecule has 2 N–H and O–H groups in total. The van der Waals surface area contributed by atoms with E-state index in [9.17, 15) is 4.79 Å². The number of hydrogen-bond acceptors (Lipinski definition) is 5. The van der Waals surface area contributed by atoms with Crippen molar-refractivity contribution in [2.75, 3.05) is 17.7 Å². The fraction of sp³-hybridized carbons (Fsp3) is 0.400. The molecular weight excluding hydrogens is 300 g/mol. The lowest BCUT2D eigenvalue weighted by Crippen LogP contribution is -2.13. The van der Waals surface area contributed by atoms with E-state index in [-0.39, 0.29) is 5.91 Å². The molecular formula is C15H20N4O2S. The molecule has 0 unspecified atom stereocenters. The Kier molecular flexibility index (Phi) is 5.83. The third-order valence-corrected chi connectivity index (χ3v) is 3.38. The van der Waals surface area contributed by atoms with Crippen LogP contribution in [-0.4, -0.2) is 33.4 Å². The van der Waals surface area contributed by atoms with Crippen molar-refractivity contribution in [2.45, 2.75) is 25.9 Å². The lowest BCUT2D eigenvalue weighted by Gasteiger charge is -2.09. The highest BCUT2D eigenvalue weighted by Crippen LogP contribution is 2.16. The first-order valence-electron chi connectivity index (χ1n) is 7.18. The number of rotatable bonds is 7. The number of carbonyl (C=O) groups is 1. The summed E-state index contributed by atoms with van der Waals surface area (Å²) in [6, 6.07) is 7.08. The molecule has 2 aromatic rings. The lowest BCUT2D eigenvalue weighted by molar-refractivity contribution is 0.102. The van der Waals surface area contributed by atoms with E-state index in [0.29, 0.717) is 34.9 Å². The zero-order valence-corrected chi connectivity index (χ0v) is 13.7. The van der Waals surface area contributed by atoms with Gasteiger partial charge in [0, 0.05) is 5.56 Å². The molecule has 7 heteroatoms. The first-order valence-corrected chi connectivity index (χ1v) is 8.16. The van der Waals surface area contributed by atoms with E-state index in [4.69, 9.17) is 4.74 Å². The Morgan fingerprint density at radius 3 is 3.00 bits per heavy atom. The molecule has 0 radical (unpaired) electrons. The monoisotopic (exact) mass is 320 g/mol. The molecule has 0 bridgehead atoms. The van der Waals surface area contributed by atoms with Gasteiger partial charge >= 0.3 is 0 Å². The number of nitrogens with one attached hydrogen (secondary N) is 2. The maximum atomic E-state index is 12.2. The van der Waals surface area contributed by atoms with Crippen LogP contribution in [0.4, 0.5) is 5.95 Å². The van der Waals surface area contributed by atoms with Gasteiger partial charge in [-0.3, -0.25) is 10.1 Å². The molecule has 0 spiro atoms. The molecule has 0 atom stereocenters. The zero-order valence-electron chi connectivity index (χ0n) is 12.9. The average Bonchev–Trinajstić information content (AvgIpc) is 2.93. The van der Waals surface area contributed by atoms with Crippen LogP contribution >= 0.6 is 11.8 Å². The maximum absolute atomic E-state index is 12.2. The molecule has 1 aromatic heterocycles. The Hall–Kier alpha value is -2.02. The summed E-state index contributed by atoms with van der Waals surface area (Å²) in [5.74, 6) is 2.08. The molecule has 0 fully saturated rings. The molecule has 0 aliphatic heterocycles. The van der Waals surface area contributed by atoms with Crippen LogP contribution < -0.4 is 10.1 Å². The predicted molar refractivity (Wildman–Crippen MR) is 87.5 cm³/mol. The van der Waals surface area contributed by atoms with Gasteiger partial charge in [0.05, 0.1) is 6.61 Å². The average molecular weight is 320 g/mol. The number of anilines is 1. The van der Waals surface area contributed by atoms with Gasteiger partial charge in [-0.15, -0.1) is 5.10 Å². The number of nitrogens with zero attached hydrogens (tertiary/aromatic N) is 2. The standard InChI is InChI=1S/C15H20N4O2S/c1-4-22-15-17-14(18-19-15)16-13(20)11-6-5-7-12(8-11)21-9-10(2)3/h5-8,10H,4,9H2,1-3H3,(H2,16,17,18,19,20). The second kappa shape index (κ2) is 7.84. The summed E-state index contributed by atoms with van der Waals surface area (Å²) in [4.78, 5) is 16.4. The Balaban J connectivity index is 2.00. The van der Waals surface area contributed by atoms with Crippen molar-refractivity contribution in [2.24, 2.45) is 5.92 Å². The van der Waals surface area contributed by atoms with Crippen molar-refractivity contribution >= 4 is 23.6 Å². The summed E-state index contributed by atoms with van der Waals surface area (Å²) in [6.07, 6.45) is 0. The van der Waals surface area contributed by atoms with Crippen LogP contribution in [0.5, 0.6) is 5.75 Å². The number of carbonyl (C=O) groups excluding carboxylic acids is 1. The van der Waals surface area contributed by atoms with Crippen molar-refractivity contribution in [1.29, 1.82) is 0 Å². The molecule has 1 heterocycles. The molecule has 0 aliphatic carbocycles. The van der Waals surface area contributed by atoms with E-state index in [0.717, 1.165) is 5.75 Å². The van der Waals surface area contributed by atoms with Gasteiger partial charge in [-0.2, -0.15) is 4.98 Å². The number of aromatic nitrogens is 3. The first kappa shape index (κ1) is 16.4. The van der Waals surface area contributed by atoms with Crippen LogP contribution in [0.1, 0.15) is 31.1 Å². The summed E-state index contributed by atoms with van der Waals surface area (Å²) in [5, 5.41) is 10.0. The van der Waals surface area contributed by atoms with E-state index >= 15 is 0 Å². The highest BCUT2D eigenvalue weighted by molar-refractivity contribution is 7.99. The third-order valence-electron chi connectivity index (χ3n) is 2.65. The smallest absolute Gasteiger partial charge is 0.258 e. The van der Waals surface area contributed by atoms with Gasteiger partial charge in [0.15, 0.2) is 0 Å². The Bertz CT molecular complexity index is 628. The Morgan fingerprint density at radius 2 is 2.27 bits per heavy atom. The highest BCUT2D eigenvalue weighted by Gasteiger charge is 2.10. The molecule has 118 valence electrons. The highest BCUT2D eigenvalue weighted by atomic mass is 32.2. The van der Waals surface area contributed by atoms with Crippen molar-refractivity contribution in [3.63, 3.8) is 0 Å². The van der Waals surface area contributed by atoms with Crippen molar-refractivity contribution in [1.82, 2.24) is 15.2 Å². The van der Waals surface area contributed by atoms with Crippen molar-refractivity contribution in [3.05, 3.63) is 29.8 Å². The van der Waals surface area contributed by atoms with E-state index in [1.165, 1.54) is 11.8 Å². The largest absolute Gasteiger partial charge is 0.493 e. The topological polar surface area (TPSA) is 79.9 Å². The summed E-state index contributed by atoms with van der Waals surface area (Å²) in [6.45, 7) is 6.78. The zero-order chi connectivity index (χ0) is 15.9. The van der Waals surface area contributed by atoms with E-state index in [2.05, 4.69) is 34.3 Å². The number of hydrogen-bond donors (Lipinski definition) is 2. The molecule has 1 amide bonds. The van der Waals surface area contributed by atoms with Crippen LogP contribution in [0.15, 0.2) is 29.4 Å². The van der Waals surface area contributed by atoms with Crippen molar-refractivity contribution in [3.8, 4) is 5.75 Å². The molecule has 22 heavy (non-hydrogen) atoms. The van der Waals surface area contributed by atoms with Crippen LogP contribution in [-0.2, 0) is 0 Å². The second-order valence-electron chi connectivity index (χ2n) is 5.09. The fourth-order valence-corrected chi connectivity index (χ4v) is 2.19. The van der Waals surface area contributed by atoms with Crippen molar-refractivity contribution < 1.29 is 9.53 Å². The van der Waals surface area contributed by atoms with Crippen LogP contribution in [0, 0.1) is 5.92 Å². The van der Waals surface area contributed by atoms with Crippen LogP contribution in [0.2, 0.25) is 0 Å². The summed E-state index contributed by atoms with van der Waals surface area (Å²) < 4.78 is 5.63. The second-order valence-corrected chi connectivity index (χ2v) is 6.32. The number of benzene rings is 1. The van der Waals surface area contributed by atoms with Gasteiger partial charge in [0.2, 0.25) is 11.1 Å². The van der Waals surface area contributed by atoms with E-state index in [1.54, 1.807) is 18.2 Å². The lowest BCUT2D eigenvalue weighted by atomic mass is 10.2. The minimum absolute atomic E-state index is 0.251. The molecule has 0 aliphatic rings. The van der Waals surface area contributed by atoms with Crippen LogP contribution in [0.25, 0.3) is 0 Å². The van der Waals surface area contributed by atoms with Crippen LogP contribution in [0.3, 0.4) is 0 Å². The SMILES string of the molecule is CCSc1n[nH]c(NC(=O)c2cccc(OCC(C)C)c2)n1. The molecule has 0 saturated carbocycles. The van der Waals surface area contributed by atoms with Gasteiger partial charge in [0.1, 0.15) is 5.75 Å². The fourth-order valence-electron chi connectivity index (χ4n) is 1.67. The first-order chi connectivity index (χ1) is 10.6. The quantitative estimate of drug-likeness (QED) is 0.766. The van der Waals surface area contributed by atoms with Gasteiger partial charge in [-0.25, -0.2) is 5.10 Å². The number of ether oxygens (including phenoxy) is 1. The normalized spacial score (nSPS) is 10.7. The minimum atomic E-state index is -0.251.